The molecule has 0 spiro atoms. The van der Waals surface area contributed by atoms with Crippen molar-refractivity contribution in [3.63, 3.8) is 0 Å². The van der Waals surface area contributed by atoms with Crippen LogP contribution < -0.4 is 16.2 Å². The second-order valence-electron chi connectivity index (χ2n) is 6.10. The summed E-state index contributed by atoms with van der Waals surface area (Å²) in [5, 5.41) is 34.1. The van der Waals surface area contributed by atoms with Crippen LogP contribution in [0.15, 0.2) is 21.3 Å². The normalized spacial score (nSPS) is 11.2. The number of carboxylic acids is 1. The Morgan fingerprint density at radius 3 is 2.36 bits per heavy atom. The highest BCUT2D eigenvalue weighted by atomic mass is 35.5. The first kappa shape index (κ1) is 23.9. The van der Waals surface area contributed by atoms with Crippen molar-refractivity contribution in [2.24, 2.45) is 5.73 Å². The van der Waals surface area contributed by atoms with Crippen molar-refractivity contribution in [2.75, 3.05) is 26.4 Å². The third-order valence-corrected chi connectivity index (χ3v) is 3.97. The molecule has 2 aromatic rings. The molecule has 11 heteroatoms. The van der Waals surface area contributed by atoms with Crippen molar-refractivity contribution in [1.82, 2.24) is 4.57 Å². The molecule has 10 nitrogen and oxygen atoms in total. The summed E-state index contributed by atoms with van der Waals surface area (Å²) >= 11 is 6.08. The number of benzene rings is 1. The van der Waals surface area contributed by atoms with Crippen LogP contribution in [0, 0.1) is 0 Å². The molecule has 0 atom stereocenters. The minimum atomic E-state index is -1.21. The Bertz CT molecular complexity index is 820. The maximum atomic E-state index is 11.7. The highest BCUT2D eigenvalue weighted by molar-refractivity contribution is 6.32. The molecule has 0 saturated carbocycles. The number of carbonyl (C=O) groups is 1. The molecule has 2 rings (SSSR count). The van der Waals surface area contributed by atoms with Crippen LogP contribution in [0.1, 0.15) is 19.8 Å². The summed E-state index contributed by atoms with van der Waals surface area (Å²) in [7, 11) is 0. The average Bonchev–Trinajstić information content (AvgIpc) is 2.98. The van der Waals surface area contributed by atoms with E-state index in [0.717, 1.165) is 6.42 Å². The molecule has 0 bridgehead atoms. The number of aryl methyl sites for hydroxylation is 1. The molecule has 0 saturated heterocycles. The van der Waals surface area contributed by atoms with Gasteiger partial charge in [-0.05, 0) is 12.5 Å². The number of ether oxygens (including phenoxy) is 1. The second-order valence-corrected chi connectivity index (χ2v) is 6.51. The fourth-order valence-corrected chi connectivity index (χ4v) is 2.17. The van der Waals surface area contributed by atoms with E-state index in [-0.39, 0.29) is 13.0 Å². The molecule has 6 N–H and O–H groups in total. The van der Waals surface area contributed by atoms with Gasteiger partial charge in [-0.2, -0.15) is 0 Å². The lowest BCUT2D eigenvalue weighted by Crippen LogP contribution is -2.50. The van der Waals surface area contributed by atoms with Crippen LogP contribution in [0.5, 0.6) is 5.75 Å². The molecular formula is C17H25ClN2O8. The van der Waals surface area contributed by atoms with Gasteiger partial charge in [0.05, 0.1) is 48.9 Å². The number of fused-ring (bicyclic) bond motifs is 1. The van der Waals surface area contributed by atoms with E-state index in [9.17, 15) is 9.59 Å². The fraction of sp³-hybridized carbons (Fsp3) is 0.529. The molecule has 0 fully saturated rings. The molecule has 28 heavy (non-hydrogen) atoms. The van der Waals surface area contributed by atoms with Gasteiger partial charge in [0.25, 0.3) is 0 Å². The summed E-state index contributed by atoms with van der Waals surface area (Å²) in [6.07, 6.45) is 0.665. The van der Waals surface area contributed by atoms with Crippen molar-refractivity contribution in [3.8, 4) is 5.75 Å². The quantitative estimate of drug-likeness (QED) is 0.379. The van der Waals surface area contributed by atoms with Crippen LogP contribution in [0.4, 0.5) is 0 Å². The molecule has 0 aliphatic rings. The second kappa shape index (κ2) is 11.0. The van der Waals surface area contributed by atoms with Crippen LogP contribution in [0.25, 0.3) is 11.1 Å². The lowest BCUT2D eigenvalue weighted by Gasteiger charge is -2.20. The molecule has 1 heterocycles. The smallest absolute Gasteiger partial charge is 0.419 e. The van der Waals surface area contributed by atoms with Gasteiger partial charge in [0.15, 0.2) is 5.58 Å². The SMILES string of the molecule is CCCOc1cc2oc(=O)n(CCC(=O)O)c2cc1Cl.NC(CO)(CO)CO. The number of hydrogen-bond donors (Lipinski definition) is 5. The van der Waals surface area contributed by atoms with E-state index in [2.05, 4.69) is 0 Å². The maximum Gasteiger partial charge on any atom is 0.419 e. The van der Waals surface area contributed by atoms with Gasteiger partial charge in [-0.3, -0.25) is 9.36 Å². The molecule has 1 aromatic carbocycles. The van der Waals surface area contributed by atoms with Crippen LogP contribution in [-0.4, -0.2) is 62.9 Å². The van der Waals surface area contributed by atoms with Gasteiger partial charge in [-0.25, -0.2) is 4.79 Å². The number of nitrogens with zero attached hydrogens (tertiary/aromatic N) is 1. The van der Waals surface area contributed by atoms with Gasteiger partial charge in [-0.15, -0.1) is 0 Å². The number of oxazole rings is 1. The lowest BCUT2D eigenvalue weighted by atomic mass is 10.1. The van der Waals surface area contributed by atoms with E-state index in [1.807, 2.05) is 6.92 Å². The molecule has 158 valence electrons. The van der Waals surface area contributed by atoms with E-state index < -0.39 is 37.1 Å². The van der Waals surface area contributed by atoms with Crippen LogP contribution >= 0.6 is 11.6 Å². The Labute approximate surface area is 165 Å². The summed E-state index contributed by atoms with van der Waals surface area (Å²) in [6.45, 7) is 1.30. The number of aromatic nitrogens is 1. The Morgan fingerprint density at radius 1 is 1.29 bits per heavy atom. The molecular weight excluding hydrogens is 396 g/mol. The number of aliphatic hydroxyl groups excluding tert-OH is 3. The summed E-state index contributed by atoms with van der Waals surface area (Å²) in [4.78, 5) is 22.3. The molecule has 0 unspecified atom stereocenters. The minimum absolute atomic E-state index is 0.0344. The van der Waals surface area contributed by atoms with Crippen molar-refractivity contribution < 1.29 is 34.4 Å². The predicted molar refractivity (Wildman–Crippen MR) is 102 cm³/mol. The zero-order valence-corrected chi connectivity index (χ0v) is 16.2. The maximum absolute atomic E-state index is 11.7. The third-order valence-electron chi connectivity index (χ3n) is 3.68. The van der Waals surface area contributed by atoms with E-state index in [0.29, 0.717) is 28.5 Å². The topological polar surface area (TPSA) is 168 Å². The monoisotopic (exact) mass is 420 g/mol. The minimum Gasteiger partial charge on any atom is -0.492 e. The number of carboxylic acid groups (broad SMARTS) is 1. The zero-order valence-electron chi connectivity index (χ0n) is 15.4. The number of aliphatic carboxylic acids is 1. The number of rotatable bonds is 9. The van der Waals surface area contributed by atoms with E-state index in [4.69, 9.17) is 46.9 Å². The van der Waals surface area contributed by atoms with Gasteiger partial charge in [0.1, 0.15) is 5.75 Å². The molecule has 0 aliphatic carbocycles. The van der Waals surface area contributed by atoms with Gasteiger partial charge in [-0.1, -0.05) is 18.5 Å². The molecule has 0 radical (unpaired) electrons. The van der Waals surface area contributed by atoms with Crippen molar-refractivity contribution in [2.45, 2.75) is 31.8 Å². The number of hydrogen-bond acceptors (Lipinski definition) is 8. The fourth-order valence-electron chi connectivity index (χ4n) is 1.96. The third kappa shape index (κ3) is 6.50. The molecule has 0 amide bonds. The summed E-state index contributed by atoms with van der Waals surface area (Å²) in [5.41, 5.74) is 4.73. The van der Waals surface area contributed by atoms with Crippen LogP contribution in [0.3, 0.4) is 0 Å². The molecule has 0 aliphatic heterocycles. The predicted octanol–water partition coefficient (Wildman–Crippen LogP) is 0.172. The van der Waals surface area contributed by atoms with Crippen LogP contribution in [0.2, 0.25) is 5.02 Å². The first-order valence-corrected chi connectivity index (χ1v) is 8.88. The van der Waals surface area contributed by atoms with Crippen molar-refractivity contribution in [1.29, 1.82) is 0 Å². The Balaban J connectivity index is 0.000000416. The van der Waals surface area contributed by atoms with E-state index in [1.54, 1.807) is 12.1 Å². The van der Waals surface area contributed by atoms with Gasteiger partial charge in [0, 0.05) is 12.6 Å². The highest BCUT2D eigenvalue weighted by Gasteiger charge is 2.20. The van der Waals surface area contributed by atoms with Gasteiger partial charge in [0.2, 0.25) is 0 Å². The van der Waals surface area contributed by atoms with Crippen molar-refractivity contribution in [3.05, 3.63) is 27.7 Å². The lowest BCUT2D eigenvalue weighted by molar-refractivity contribution is -0.137. The number of nitrogens with two attached hydrogens (primary N) is 1. The van der Waals surface area contributed by atoms with Crippen molar-refractivity contribution >= 4 is 28.7 Å². The average molecular weight is 421 g/mol. The first-order valence-electron chi connectivity index (χ1n) is 8.50. The summed E-state index contributed by atoms with van der Waals surface area (Å²) < 4.78 is 11.8. The number of halogens is 1. The summed E-state index contributed by atoms with van der Waals surface area (Å²) in [5.74, 6) is -1.15. The van der Waals surface area contributed by atoms with Gasteiger partial charge >= 0.3 is 11.7 Å². The Morgan fingerprint density at radius 2 is 1.89 bits per heavy atom. The van der Waals surface area contributed by atoms with Gasteiger partial charge < -0.3 is 35.3 Å². The highest BCUT2D eigenvalue weighted by Crippen LogP contribution is 2.30. The van der Waals surface area contributed by atoms with E-state index >= 15 is 0 Å². The first-order chi connectivity index (χ1) is 13.2. The largest absolute Gasteiger partial charge is 0.492 e. The van der Waals surface area contributed by atoms with E-state index in [1.165, 1.54) is 4.57 Å². The molecule has 1 aromatic heterocycles. The standard InChI is InChI=1S/C13H14ClNO5.C4H11NO3/c1-2-5-19-10-7-11-9(6-8(10)14)15(13(18)20-11)4-3-12(16)17;5-4(1-6,2-7)3-8/h6-7H,2-5H2,1H3,(H,16,17);6-8H,1-3,5H2. The van der Waals surface area contributed by atoms with Crippen LogP contribution in [-0.2, 0) is 11.3 Å². The zero-order chi connectivity index (χ0) is 21.3. The Hall–Kier alpha value is -2.11. The number of aliphatic hydroxyl groups is 3. The summed E-state index contributed by atoms with van der Waals surface area (Å²) in [6, 6.07) is 3.10. The Kier molecular flexibility index (Phi) is 9.42.